The lowest BCUT2D eigenvalue weighted by Crippen LogP contribution is -2.21. The third-order valence-corrected chi connectivity index (χ3v) is 2.46. The van der Waals surface area contributed by atoms with Crippen LogP contribution in [0.25, 0.3) is 11.1 Å². The number of rotatable bonds is 2. The summed E-state index contributed by atoms with van der Waals surface area (Å²) in [6.45, 7) is 2.07. The van der Waals surface area contributed by atoms with Crippen LogP contribution in [0.4, 0.5) is 5.69 Å². The largest absolute Gasteiger partial charge is 0.370 e. The van der Waals surface area contributed by atoms with Crippen molar-refractivity contribution in [3.63, 3.8) is 0 Å². The van der Waals surface area contributed by atoms with Crippen LogP contribution in [0.1, 0.15) is 5.56 Å². The molecule has 86 valence electrons. The van der Waals surface area contributed by atoms with Gasteiger partial charge >= 0.3 is 0 Å². The molecule has 0 unspecified atom stereocenters. The average Bonchev–Trinajstić information content (AvgIpc) is 2.28. The van der Waals surface area contributed by atoms with Crippen molar-refractivity contribution >= 4 is 11.6 Å². The molecular weight excluding hydrogens is 210 g/mol. The number of aliphatic imine (C=N–C) groups is 1. The highest BCUT2D eigenvalue weighted by Gasteiger charge is 1.99. The van der Waals surface area contributed by atoms with E-state index < -0.39 is 0 Å². The van der Waals surface area contributed by atoms with E-state index in [9.17, 15) is 0 Å². The molecule has 0 aliphatic carbocycles. The Morgan fingerprint density at radius 3 is 2.24 bits per heavy atom. The van der Waals surface area contributed by atoms with Gasteiger partial charge in [-0.15, -0.1) is 0 Å². The second kappa shape index (κ2) is 4.70. The van der Waals surface area contributed by atoms with Gasteiger partial charge in [0.2, 0.25) is 0 Å². The van der Waals surface area contributed by atoms with Gasteiger partial charge in [-0.1, -0.05) is 42.0 Å². The molecule has 0 bridgehead atoms. The van der Waals surface area contributed by atoms with Crippen LogP contribution in [0.3, 0.4) is 0 Å². The summed E-state index contributed by atoms with van der Waals surface area (Å²) >= 11 is 0. The molecule has 0 amide bonds. The number of aryl methyl sites for hydroxylation is 1. The molecule has 2 aromatic rings. The average molecular weight is 225 g/mol. The van der Waals surface area contributed by atoms with Crippen LogP contribution in [-0.2, 0) is 0 Å². The normalized spacial score (nSPS) is 9.94. The third-order valence-electron chi connectivity index (χ3n) is 2.46. The van der Waals surface area contributed by atoms with Crippen molar-refractivity contribution in [2.75, 3.05) is 0 Å². The van der Waals surface area contributed by atoms with Gasteiger partial charge in [0.1, 0.15) is 0 Å². The Hall–Kier alpha value is -2.29. The van der Waals surface area contributed by atoms with E-state index in [1.54, 1.807) is 0 Å². The molecule has 0 atom stereocenters. The van der Waals surface area contributed by atoms with Gasteiger partial charge in [-0.05, 0) is 30.2 Å². The second-order valence-corrected chi connectivity index (χ2v) is 3.96. The maximum Gasteiger partial charge on any atom is 0.191 e. The zero-order valence-electron chi connectivity index (χ0n) is 9.72. The molecule has 17 heavy (non-hydrogen) atoms. The molecule has 0 saturated carbocycles. The van der Waals surface area contributed by atoms with E-state index in [1.807, 2.05) is 30.3 Å². The molecule has 3 nitrogen and oxygen atoms in total. The fraction of sp³-hybridized carbons (Fsp3) is 0.0714. The Kier molecular flexibility index (Phi) is 3.10. The summed E-state index contributed by atoms with van der Waals surface area (Å²) in [7, 11) is 0. The molecule has 0 fully saturated rings. The van der Waals surface area contributed by atoms with E-state index in [1.165, 1.54) is 5.56 Å². The minimum absolute atomic E-state index is 0.0754. The standard InChI is InChI=1S/C14H15N3/c1-10-4-2-5-11(8-10)12-6-3-7-13(9-12)17-14(15)16/h2-9H,1H3,(H4,15,16,17). The smallest absolute Gasteiger partial charge is 0.191 e. The van der Waals surface area contributed by atoms with Crippen molar-refractivity contribution in [3.05, 3.63) is 54.1 Å². The fourth-order valence-corrected chi connectivity index (χ4v) is 1.73. The monoisotopic (exact) mass is 225 g/mol. The van der Waals surface area contributed by atoms with E-state index in [4.69, 9.17) is 11.5 Å². The van der Waals surface area contributed by atoms with Gasteiger partial charge in [0.05, 0.1) is 5.69 Å². The number of benzene rings is 2. The van der Waals surface area contributed by atoms with E-state index >= 15 is 0 Å². The minimum Gasteiger partial charge on any atom is -0.370 e. The van der Waals surface area contributed by atoms with Gasteiger partial charge in [0, 0.05) is 0 Å². The molecule has 3 heteroatoms. The van der Waals surface area contributed by atoms with Crippen molar-refractivity contribution in [3.8, 4) is 11.1 Å². The highest BCUT2D eigenvalue weighted by Crippen LogP contribution is 2.24. The van der Waals surface area contributed by atoms with Crippen LogP contribution in [0.15, 0.2) is 53.5 Å². The van der Waals surface area contributed by atoms with E-state index in [0.29, 0.717) is 0 Å². The summed E-state index contributed by atoms with van der Waals surface area (Å²) in [5.41, 5.74) is 15.0. The van der Waals surface area contributed by atoms with Gasteiger partial charge < -0.3 is 11.5 Å². The topological polar surface area (TPSA) is 64.4 Å². The van der Waals surface area contributed by atoms with Crippen LogP contribution in [0.2, 0.25) is 0 Å². The molecule has 0 heterocycles. The zero-order chi connectivity index (χ0) is 12.3. The summed E-state index contributed by atoms with van der Waals surface area (Å²) < 4.78 is 0. The number of hydrogen-bond acceptors (Lipinski definition) is 1. The van der Waals surface area contributed by atoms with Crippen LogP contribution in [0, 0.1) is 6.92 Å². The lowest BCUT2D eigenvalue weighted by Gasteiger charge is -2.04. The van der Waals surface area contributed by atoms with Gasteiger partial charge in [-0.25, -0.2) is 4.99 Å². The van der Waals surface area contributed by atoms with Crippen LogP contribution < -0.4 is 11.5 Å². The van der Waals surface area contributed by atoms with Crippen LogP contribution in [0.5, 0.6) is 0 Å². The first kappa shape index (κ1) is 11.2. The zero-order valence-corrected chi connectivity index (χ0v) is 9.72. The summed E-state index contributed by atoms with van der Waals surface area (Å²) in [6.07, 6.45) is 0. The van der Waals surface area contributed by atoms with Crippen molar-refractivity contribution in [2.45, 2.75) is 6.92 Å². The first-order valence-electron chi connectivity index (χ1n) is 5.42. The number of guanidine groups is 1. The SMILES string of the molecule is Cc1cccc(-c2cccc(N=C(N)N)c2)c1. The van der Waals surface area contributed by atoms with E-state index in [0.717, 1.165) is 16.8 Å². The molecule has 0 radical (unpaired) electrons. The summed E-state index contributed by atoms with van der Waals surface area (Å²) in [6, 6.07) is 16.1. The predicted molar refractivity (Wildman–Crippen MR) is 72.1 cm³/mol. The Morgan fingerprint density at radius 2 is 1.59 bits per heavy atom. The Balaban J connectivity index is 2.43. The maximum atomic E-state index is 5.37. The number of nitrogens with two attached hydrogens (primary N) is 2. The van der Waals surface area contributed by atoms with Crippen molar-refractivity contribution in [1.29, 1.82) is 0 Å². The molecule has 0 saturated heterocycles. The second-order valence-electron chi connectivity index (χ2n) is 3.96. The lowest BCUT2D eigenvalue weighted by molar-refractivity contribution is 1.42. The molecule has 4 N–H and O–H groups in total. The van der Waals surface area contributed by atoms with Gasteiger partial charge in [-0.2, -0.15) is 0 Å². The Bertz CT molecular complexity index is 555. The summed E-state index contributed by atoms with van der Waals surface area (Å²) in [5, 5.41) is 0. The summed E-state index contributed by atoms with van der Waals surface area (Å²) in [4.78, 5) is 4.04. The van der Waals surface area contributed by atoms with Crippen LogP contribution >= 0.6 is 0 Å². The molecule has 0 spiro atoms. The third kappa shape index (κ3) is 2.84. The predicted octanol–water partition coefficient (Wildman–Crippen LogP) is 2.57. The van der Waals surface area contributed by atoms with E-state index in [2.05, 4.69) is 30.1 Å². The molecule has 0 aliphatic rings. The van der Waals surface area contributed by atoms with Crippen LogP contribution in [-0.4, -0.2) is 5.96 Å². The fourth-order valence-electron chi connectivity index (χ4n) is 1.73. The molecule has 0 aliphatic heterocycles. The van der Waals surface area contributed by atoms with Crippen molar-refractivity contribution in [1.82, 2.24) is 0 Å². The molecule has 2 aromatic carbocycles. The highest BCUT2D eigenvalue weighted by atomic mass is 15.0. The van der Waals surface area contributed by atoms with Gasteiger partial charge in [-0.3, -0.25) is 0 Å². The van der Waals surface area contributed by atoms with Crippen molar-refractivity contribution in [2.24, 2.45) is 16.5 Å². The quantitative estimate of drug-likeness (QED) is 0.609. The first-order chi connectivity index (χ1) is 8.15. The van der Waals surface area contributed by atoms with Gasteiger partial charge in [0.15, 0.2) is 5.96 Å². The Morgan fingerprint density at radius 1 is 0.941 bits per heavy atom. The molecule has 0 aromatic heterocycles. The number of hydrogen-bond donors (Lipinski definition) is 2. The summed E-state index contributed by atoms with van der Waals surface area (Å²) in [5.74, 6) is 0.0754. The molecular formula is C14H15N3. The maximum absolute atomic E-state index is 5.37. The molecule has 2 rings (SSSR count). The van der Waals surface area contributed by atoms with E-state index in [-0.39, 0.29) is 5.96 Å². The highest BCUT2D eigenvalue weighted by molar-refractivity contribution is 5.80. The number of nitrogens with zero attached hydrogens (tertiary/aromatic N) is 1. The van der Waals surface area contributed by atoms with Gasteiger partial charge in [0.25, 0.3) is 0 Å². The lowest BCUT2D eigenvalue weighted by atomic mass is 10.0. The van der Waals surface area contributed by atoms with Crippen molar-refractivity contribution < 1.29 is 0 Å². The minimum atomic E-state index is 0.0754. The first-order valence-corrected chi connectivity index (χ1v) is 5.42. The Labute approximate surface area is 101 Å².